The Balaban J connectivity index is 2.52. The van der Waals surface area contributed by atoms with E-state index in [4.69, 9.17) is 0 Å². The molecule has 0 aliphatic carbocycles. The molecular formula is C16H24N2O3. The van der Waals surface area contributed by atoms with E-state index >= 15 is 0 Å². The van der Waals surface area contributed by atoms with Crippen molar-refractivity contribution in [3.63, 3.8) is 0 Å². The molecular weight excluding hydrogens is 268 g/mol. The molecule has 0 spiro atoms. The minimum absolute atomic E-state index is 0.0787. The average Bonchev–Trinajstić information content (AvgIpc) is 2.44. The van der Waals surface area contributed by atoms with Crippen LogP contribution in [-0.4, -0.2) is 29.6 Å². The lowest BCUT2D eigenvalue weighted by atomic mass is 9.81. The summed E-state index contributed by atoms with van der Waals surface area (Å²) in [7, 11) is 0. The molecule has 5 nitrogen and oxygen atoms in total. The van der Waals surface area contributed by atoms with Gasteiger partial charge in [-0.2, -0.15) is 0 Å². The number of para-hydroxylation sites is 1. The van der Waals surface area contributed by atoms with Gasteiger partial charge in [0.1, 0.15) is 0 Å². The van der Waals surface area contributed by atoms with Gasteiger partial charge in [-0.25, -0.2) is 0 Å². The van der Waals surface area contributed by atoms with Crippen LogP contribution in [0.1, 0.15) is 27.7 Å². The van der Waals surface area contributed by atoms with E-state index in [-0.39, 0.29) is 12.5 Å². The summed E-state index contributed by atoms with van der Waals surface area (Å²) in [5.74, 6) is -1.34. The average molecular weight is 292 g/mol. The van der Waals surface area contributed by atoms with E-state index < -0.39 is 23.3 Å². The summed E-state index contributed by atoms with van der Waals surface area (Å²) >= 11 is 0. The van der Waals surface area contributed by atoms with Crippen molar-refractivity contribution >= 4 is 17.5 Å². The van der Waals surface area contributed by atoms with Gasteiger partial charge in [-0.05, 0) is 18.1 Å². The highest BCUT2D eigenvalue weighted by Crippen LogP contribution is 2.24. The van der Waals surface area contributed by atoms with Crippen LogP contribution in [0.25, 0.3) is 0 Å². The second-order valence-electron chi connectivity index (χ2n) is 6.18. The molecule has 0 fully saturated rings. The Bertz CT molecular complexity index is 484. The minimum atomic E-state index is -0.712. The minimum Gasteiger partial charge on any atom is -0.392 e. The van der Waals surface area contributed by atoms with Crippen LogP contribution in [0, 0.1) is 11.3 Å². The van der Waals surface area contributed by atoms with Crippen LogP contribution < -0.4 is 10.6 Å². The first kappa shape index (κ1) is 17.2. The molecule has 116 valence electrons. The third kappa shape index (κ3) is 5.19. The van der Waals surface area contributed by atoms with Crippen molar-refractivity contribution in [1.29, 1.82) is 0 Å². The highest BCUT2D eigenvalue weighted by molar-refractivity contribution is 6.39. The quantitative estimate of drug-likeness (QED) is 0.724. The van der Waals surface area contributed by atoms with Gasteiger partial charge in [0.15, 0.2) is 0 Å². The Morgan fingerprint density at radius 3 is 2.24 bits per heavy atom. The lowest BCUT2D eigenvalue weighted by Crippen LogP contribution is -2.46. The molecule has 1 rings (SSSR count). The molecule has 0 saturated heterocycles. The molecule has 1 aromatic rings. The number of aliphatic hydroxyl groups excluding tert-OH is 1. The molecule has 0 aliphatic heterocycles. The van der Waals surface area contributed by atoms with Crippen molar-refractivity contribution in [2.75, 3.05) is 11.9 Å². The maximum absolute atomic E-state index is 11.8. The number of benzene rings is 1. The predicted molar refractivity (Wildman–Crippen MR) is 82.7 cm³/mol. The van der Waals surface area contributed by atoms with Gasteiger partial charge in [0, 0.05) is 17.6 Å². The van der Waals surface area contributed by atoms with E-state index in [1.54, 1.807) is 24.3 Å². The first-order chi connectivity index (χ1) is 9.74. The van der Waals surface area contributed by atoms with Gasteiger partial charge in [-0.15, -0.1) is 0 Å². The van der Waals surface area contributed by atoms with Gasteiger partial charge in [0.2, 0.25) is 0 Å². The Kier molecular flexibility index (Phi) is 5.90. The second-order valence-corrected chi connectivity index (χ2v) is 6.18. The van der Waals surface area contributed by atoms with Crippen LogP contribution in [-0.2, 0) is 9.59 Å². The molecule has 0 aliphatic rings. The number of hydrogen-bond acceptors (Lipinski definition) is 3. The topological polar surface area (TPSA) is 78.4 Å². The van der Waals surface area contributed by atoms with Crippen molar-refractivity contribution in [1.82, 2.24) is 5.32 Å². The summed E-state index contributed by atoms with van der Waals surface area (Å²) in [6, 6.07) is 8.78. The van der Waals surface area contributed by atoms with Gasteiger partial charge >= 0.3 is 11.8 Å². The van der Waals surface area contributed by atoms with Gasteiger partial charge in [0.25, 0.3) is 0 Å². The van der Waals surface area contributed by atoms with Crippen LogP contribution in [0.5, 0.6) is 0 Å². The zero-order chi connectivity index (χ0) is 16.0. The summed E-state index contributed by atoms with van der Waals surface area (Å²) in [4.78, 5) is 23.5. The standard InChI is InChI=1S/C16H24N2O3/c1-11(2)13(19)16(3,4)10-17-14(20)15(21)18-12-8-6-5-7-9-12/h5-9,11,13,19H,10H2,1-4H3,(H,17,20)(H,18,21). The maximum atomic E-state index is 11.8. The molecule has 0 heterocycles. The van der Waals surface area contributed by atoms with Gasteiger partial charge in [-0.1, -0.05) is 45.9 Å². The smallest absolute Gasteiger partial charge is 0.313 e. The van der Waals surface area contributed by atoms with Crippen LogP contribution in [0.2, 0.25) is 0 Å². The highest BCUT2D eigenvalue weighted by Gasteiger charge is 2.31. The third-order valence-electron chi connectivity index (χ3n) is 3.37. The Morgan fingerprint density at radius 2 is 1.71 bits per heavy atom. The Labute approximate surface area is 125 Å². The summed E-state index contributed by atoms with van der Waals surface area (Å²) in [5, 5.41) is 15.2. The zero-order valence-electron chi connectivity index (χ0n) is 13.0. The highest BCUT2D eigenvalue weighted by atomic mass is 16.3. The molecule has 0 saturated carbocycles. The van der Waals surface area contributed by atoms with Crippen LogP contribution in [0.4, 0.5) is 5.69 Å². The van der Waals surface area contributed by atoms with E-state index in [2.05, 4.69) is 10.6 Å². The van der Waals surface area contributed by atoms with Gasteiger partial charge in [0.05, 0.1) is 6.10 Å². The third-order valence-corrected chi connectivity index (χ3v) is 3.37. The molecule has 3 N–H and O–H groups in total. The number of amides is 2. The van der Waals surface area contributed by atoms with E-state index in [9.17, 15) is 14.7 Å². The van der Waals surface area contributed by atoms with Gasteiger partial charge in [-0.3, -0.25) is 9.59 Å². The fourth-order valence-corrected chi connectivity index (χ4v) is 2.10. The molecule has 1 atom stereocenters. The Hall–Kier alpha value is -1.88. The molecule has 1 aromatic carbocycles. The monoisotopic (exact) mass is 292 g/mol. The summed E-state index contributed by atoms with van der Waals surface area (Å²) in [6.07, 6.45) is -0.560. The van der Waals surface area contributed by atoms with Crippen molar-refractivity contribution in [2.45, 2.75) is 33.8 Å². The SMILES string of the molecule is CC(C)C(O)C(C)(C)CNC(=O)C(=O)Nc1ccccc1. The molecule has 0 aromatic heterocycles. The molecule has 5 heteroatoms. The molecule has 0 radical (unpaired) electrons. The summed E-state index contributed by atoms with van der Waals surface area (Å²) in [5.41, 5.74) is 0.0655. The van der Waals surface area contributed by atoms with Crippen molar-refractivity contribution in [3.05, 3.63) is 30.3 Å². The number of carbonyl (C=O) groups is 2. The predicted octanol–water partition coefficient (Wildman–Crippen LogP) is 1.78. The van der Waals surface area contributed by atoms with E-state index in [1.807, 2.05) is 33.8 Å². The van der Waals surface area contributed by atoms with Crippen LogP contribution in [0.3, 0.4) is 0 Å². The number of rotatable bonds is 5. The maximum Gasteiger partial charge on any atom is 0.313 e. The van der Waals surface area contributed by atoms with Crippen molar-refractivity contribution in [2.24, 2.45) is 11.3 Å². The number of aliphatic hydroxyl groups is 1. The zero-order valence-corrected chi connectivity index (χ0v) is 13.0. The molecule has 2 amide bonds. The number of anilines is 1. The van der Waals surface area contributed by atoms with Gasteiger partial charge < -0.3 is 15.7 Å². The van der Waals surface area contributed by atoms with Crippen LogP contribution >= 0.6 is 0 Å². The lowest BCUT2D eigenvalue weighted by molar-refractivity contribution is -0.136. The fourth-order valence-electron chi connectivity index (χ4n) is 2.10. The first-order valence-corrected chi connectivity index (χ1v) is 7.06. The lowest BCUT2D eigenvalue weighted by Gasteiger charge is -2.33. The second kappa shape index (κ2) is 7.22. The molecule has 1 unspecified atom stereocenters. The van der Waals surface area contributed by atoms with E-state index in [0.29, 0.717) is 5.69 Å². The van der Waals surface area contributed by atoms with E-state index in [0.717, 1.165) is 0 Å². The molecule has 21 heavy (non-hydrogen) atoms. The molecule has 0 bridgehead atoms. The van der Waals surface area contributed by atoms with E-state index in [1.165, 1.54) is 0 Å². The first-order valence-electron chi connectivity index (χ1n) is 7.06. The van der Waals surface area contributed by atoms with Crippen LogP contribution in [0.15, 0.2) is 30.3 Å². The van der Waals surface area contributed by atoms with Crippen molar-refractivity contribution in [3.8, 4) is 0 Å². The largest absolute Gasteiger partial charge is 0.392 e. The van der Waals surface area contributed by atoms with Crippen molar-refractivity contribution < 1.29 is 14.7 Å². The Morgan fingerprint density at radius 1 is 1.14 bits per heavy atom. The fraction of sp³-hybridized carbons (Fsp3) is 0.500. The summed E-state index contributed by atoms with van der Waals surface area (Å²) < 4.78 is 0. The normalized spacial score (nSPS) is 12.9. The summed E-state index contributed by atoms with van der Waals surface area (Å²) in [6.45, 7) is 7.76. The number of nitrogens with one attached hydrogen (secondary N) is 2. The number of hydrogen-bond donors (Lipinski definition) is 3. The number of carbonyl (C=O) groups excluding carboxylic acids is 2.